The normalized spacial score (nSPS) is 20.0. The summed E-state index contributed by atoms with van der Waals surface area (Å²) in [6.45, 7) is 8.64. The first kappa shape index (κ1) is 17.3. The van der Waals surface area contributed by atoms with E-state index in [4.69, 9.17) is 9.97 Å². The Morgan fingerprint density at radius 3 is 2.56 bits per heavy atom. The van der Waals surface area contributed by atoms with Gasteiger partial charge in [0.15, 0.2) is 0 Å². The van der Waals surface area contributed by atoms with Gasteiger partial charge in [-0.05, 0) is 38.3 Å². The second-order valence-electron chi connectivity index (χ2n) is 8.05. The average molecular weight is 382 g/mol. The number of hydrogen-bond donors (Lipinski definition) is 0. The summed E-state index contributed by atoms with van der Waals surface area (Å²) < 4.78 is 1.19. The maximum absolute atomic E-state index is 4.76. The number of aryl methyl sites for hydroxylation is 2. The van der Waals surface area contributed by atoms with Gasteiger partial charge in [0.2, 0.25) is 0 Å². The van der Waals surface area contributed by atoms with Gasteiger partial charge in [-0.1, -0.05) is 19.3 Å². The second-order valence-corrected chi connectivity index (χ2v) is 9.05. The van der Waals surface area contributed by atoms with Gasteiger partial charge in [0.25, 0.3) is 0 Å². The van der Waals surface area contributed by atoms with E-state index in [1.165, 1.54) is 47.8 Å². The molecule has 0 radical (unpaired) electrons. The zero-order chi connectivity index (χ0) is 18.4. The van der Waals surface area contributed by atoms with Gasteiger partial charge in [-0.15, -0.1) is 11.3 Å². The molecule has 0 N–H and O–H groups in total. The van der Waals surface area contributed by atoms with Crippen LogP contribution < -0.4 is 4.90 Å². The van der Waals surface area contributed by atoms with Crippen molar-refractivity contribution >= 4 is 37.6 Å². The standard InChI is InChI=1S/C21H27N5S/c1-14-12-15(2)24-21-17(14)18-19(27-21)20(23-13-22-18)26-10-8-25(9-11-26)16-6-4-3-5-7-16/h12-13,16H,3-11H2,1-2H3. The highest BCUT2D eigenvalue weighted by Gasteiger charge is 2.27. The van der Waals surface area contributed by atoms with E-state index in [-0.39, 0.29) is 0 Å². The monoisotopic (exact) mass is 381 g/mol. The van der Waals surface area contributed by atoms with Crippen molar-refractivity contribution in [3.63, 3.8) is 0 Å². The van der Waals surface area contributed by atoms with E-state index in [0.717, 1.165) is 54.1 Å². The SMILES string of the molecule is Cc1cc(C)c2c(n1)sc1c(N3CCN(C4CCCCC4)CC3)ncnc12. The molecule has 6 heteroatoms. The largest absolute Gasteiger partial charge is 0.353 e. The smallest absolute Gasteiger partial charge is 0.150 e. The summed E-state index contributed by atoms with van der Waals surface area (Å²) in [5.41, 5.74) is 3.40. The number of rotatable bonds is 2. The Labute approximate surface area is 164 Å². The van der Waals surface area contributed by atoms with Crippen molar-refractivity contribution in [3.05, 3.63) is 23.7 Å². The van der Waals surface area contributed by atoms with E-state index >= 15 is 0 Å². The van der Waals surface area contributed by atoms with Gasteiger partial charge in [-0.25, -0.2) is 15.0 Å². The molecule has 0 aromatic carbocycles. The van der Waals surface area contributed by atoms with Crippen molar-refractivity contribution < 1.29 is 0 Å². The van der Waals surface area contributed by atoms with Crippen molar-refractivity contribution in [2.24, 2.45) is 0 Å². The third-order valence-electron chi connectivity index (χ3n) is 6.24. The molecule has 0 unspecified atom stereocenters. The minimum absolute atomic E-state index is 0.811. The Bertz CT molecular complexity index is 968. The van der Waals surface area contributed by atoms with Gasteiger partial charge in [0.1, 0.15) is 17.0 Å². The maximum Gasteiger partial charge on any atom is 0.150 e. The van der Waals surface area contributed by atoms with Crippen LogP contribution in [0.15, 0.2) is 12.4 Å². The van der Waals surface area contributed by atoms with Crippen LogP contribution in [0.5, 0.6) is 0 Å². The quantitative estimate of drug-likeness (QED) is 0.662. The Morgan fingerprint density at radius 2 is 1.78 bits per heavy atom. The number of thiophene rings is 1. The molecule has 5 nitrogen and oxygen atoms in total. The molecule has 1 aliphatic carbocycles. The summed E-state index contributed by atoms with van der Waals surface area (Å²) in [7, 11) is 0. The molecule has 3 aromatic rings. The molecule has 2 fully saturated rings. The van der Waals surface area contributed by atoms with Gasteiger partial charge >= 0.3 is 0 Å². The molecule has 0 bridgehead atoms. The Balaban J connectivity index is 1.44. The lowest BCUT2D eigenvalue weighted by molar-refractivity contribution is 0.148. The lowest BCUT2D eigenvalue weighted by Crippen LogP contribution is -2.51. The van der Waals surface area contributed by atoms with Crippen LogP contribution in [0.3, 0.4) is 0 Å². The van der Waals surface area contributed by atoms with E-state index in [9.17, 15) is 0 Å². The number of pyridine rings is 1. The number of fused-ring (bicyclic) bond motifs is 3. The zero-order valence-corrected chi connectivity index (χ0v) is 17.1. The molecule has 27 heavy (non-hydrogen) atoms. The summed E-state index contributed by atoms with van der Waals surface area (Å²) in [5, 5.41) is 1.20. The van der Waals surface area contributed by atoms with Crippen LogP contribution in [0.25, 0.3) is 20.4 Å². The molecule has 4 heterocycles. The number of hydrogen-bond acceptors (Lipinski definition) is 6. The Morgan fingerprint density at radius 1 is 1.00 bits per heavy atom. The minimum atomic E-state index is 0.811. The first-order chi connectivity index (χ1) is 13.2. The molecule has 2 aliphatic rings. The number of aromatic nitrogens is 3. The van der Waals surface area contributed by atoms with Crippen LogP contribution in [-0.4, -0.2) is 52.1 Å². The highest BCUT2D eigenvalue weighted by molar-refractivity contribution is 7.26. The third kappa shape index (κ3) is 3.09. The fourth-order valence-corrected chi connectivity index (χ4v) is 6.14. The van der Waals surface area contributed by atoms with Gasteiger partial charge in [0, 0.05) is 43.3 Å². The van der Waals surface area contributed by atoms with E-state index in [1.807, 2.05) is 0 Å². The highest BCUT2D eigenvalue weighted by Crippen LogP contribution is 2.38. The number of nitrogens with zero attached hydrogens (tertiary/aromatic N) is 5. The van der Waals surface area contributed by atoms with Crippen LogP contribution in [0, 0.1) is 13.8 Å². The van der Waals surface area contributed by atoms with Crippen molar-refractivity contribution in [3.8, 4) is 0 Å². The van der Waals surface area contributed by atoms with E-state index in [0.29, 0.717) is 0 Å². The first-order valence-electron chi connectivity index (χ1n) is 10.2. The predicted octanol–water partition coefficient (Wildman–Crippen LogP) is 4.31. The van der Waals surface area contributed by atoms with Crippen LogP contribution in [-0.2, 0) is 0 Å². The van der Waals surface area contributed by atoms with Crippen LogP contribution in [0.4, 0.5) is 5.82 Å². The number of piperazine rings is 1. The van der Waals surface area contributed by atoms with Gasteiger partial charge in [-0.3, -0.25) is 4.90 Å². The fraction of sp³-hybridized carbons (Fsp3) is 0.571. The summed E-state index contributed by atoms with van der Waals surface area (Å²) >= 11 is 1.75. The fourth-order valence-electron chi connectivity index (χ4n) is 4.87. The van der Waals surface area contributed by atoms with Gasteiger partial charge < -0.3 is 4.90 Å². The maximum atomic E-state index is 4.76. The van der Waals surface area contributed by atoms with E-state index in [1.54, 1.807) is 17.7 Å². The van der Waals surface area contributed by atoms with Crippen molar-refractivity contribution in [1.82, 2.24) is 19.9 Å². The minimum Gasteiger partial charge on any atom is -0.353 e. The Kier molecular flexibility index (Phi) is 4.48. The summed E-state index contributed by atoms with van der Waals surface area (Å²) in [6, 6.07) is 2.96. The zero-order valence-electron chi connectivity index (χ0n) is 16.2. The molecule has 0 amide bonds. The molecule has 0 atom stereocenters. The predicted molar refractivity (Wildman–Crippen MR) is 113 cm³/mol. The second kappa shape index (κ2) is 6.99. The third-order valence-corrected chi connectivity index (χ3v) is 7.31. The Hall–Kier alpha value is -1.79. The van der Waals surface area contributed by atoms with Crippen molar-refractivity contribution in [2.45, 2.75) is 52.0 Å². The van der Waals surface area contributed by atoms with E-state index < -0.39 is 0 Å². The molecule has 0 spiro atoms. The van der Waals surface area contributed by atoms with Gasteiger partial charge in [0.05, 0.1) is 10.2 Å². The highest BCUT2D eigenvalue weighted by atomic mass is 32.1. The molecule has 3 aromatic heterocycles. The van der Waals surface area contributed by atoms with Crippen molar-refractivity contribution in [2.75, 3.05) is 31.1 Å². The lowest BCUT2D eigenvalue weighted by atomic mass is 9.94. The summed E-state index contributed by atoms with van der Waals surface area (Å²) in [6.07, 6.45) is 8.75. The molecule has 5 rings (SSSR count). The lowest BCUT2D eigenvalue weighted by Gasteiger charge is -2.41. The molecular formula is C21H27N5S. The van der Waals surface area contributed by atoms with Crippen LogP contribution in [0.1, 0.15) is 43.4 Å². The summed E-state index contributed by atoms with van der Waals surface area (Å²) in [5.74, 6) is 1.10. The van der Waals surface area contributed by atoms with E-state index in [2.05, 4.69) is 34.7 Å². The molecule has 1 saturated carbocycles. The average Bonchev–Trinajstić information content (AvgIpc) is 3.07. The molecule has 1 saturated heterocycles. The first-order valence-corrected chi connectivity index (χ1v) is 11.0. The van der Waals surface area contributed by atoms with Crippen LogP contribution >= 0.6 is 11.3 Å². The van der Waals surface area contributed by atoms with Crippen LogP contribution in [0.2, 0.25) is 0 Å². The number of anilines is 1. The topological polar surface area (TPSA) is 45.2 Å². The summed E-state index contributed by atoms with van der Waals surface area (Å²) in [4.78, 5) is 20.3. The van der Waals surface area contributed by atoms with Gasteiger partial charge in [-0.2, -0.15) is 0 Å². The van der Waals surface area contributed by atoms with Crippen molar-refractivity contribution in [1.29, 1.82) is 0 Å². The molecular weight excluding hydrogens is 354 g/mol. The molecule has 142 valence electrons. The molecule has 1 aliphatic heterocycles.